The Morgan fingerprint density at radius 3 is 2.84 bits per heavy atom. The molecule has 2 heterocycles. The molecule has 1 amide bonds. The minimum atomic E-state index is -1.11. The van der Waals surface area contributed by atoms with Crippen molar-refractivity contribution in [3.05, 3.63) is 52.1 Å². The maximum absolute atomic E-state index is 12.4. The number of rotatable bonds is 4. The number of hydrogen-bond acceptors (Lipinski definition) is 5. The Bertz CT molecular complexity index is 906. The Kier molecular flexibility index (Phi) is 4.99. The lowest BCUT2D eigenvalue weighted by molar-refractivity contribution is -0.144. The van der Waals surface area contributed by atoms with Gasteiger partial charge in [0.1, 0.15) is 21.9 Å². The van der Waals surface area contributed by atoms with Crippen LogP contribution in [0.5, 0.6) is 0 Å². The number of aliphatic carboxylic acids is 1. The first-order valence-electron chi connectivity index (χ1n) is 7.22. The number of hydrogen-bond donors (Lipinski definition) is 1. The molecular formula is C17H12ClNO4S2. The first-order chi connectivity index (χ1) is 11.9. The zero-order valence-corrected chi connectivity index (χ0v) is 15.3. The number of carbonyl (C=O) groups is 2. The van der Waals surface area contributed by atoms with Gasteiger partial charge in [0.05, 0.1) is 4.91 Å². The molecule has 1 aliphatic heterocycles. The molecule has 1 saturated heterocycles. The van der Waals surface area contributed by atoms with Gasteiger partial charge in [0.25, 0.3) is 5.91 Å². The molecule has 1 fully saturated rings. The van der Waals surface area contributed by atoms with Crippen molar-refractivity contribution in [2.75, 3.05) is 0 Å². The van der Waals surface area contributed by atoms with Crippen molar-refractivity contribution in [3.63, 3.8) is 0 Å². The quantitative estimate of drug-likeness (QED) is 0.617. The van der Waals surface area contributed by atoms with Gasteiger partial charge in [0, 0.05) is 16.7 Å². The molecule has 128 valence electrons. The molecule has 0 aliphatic carbocycles. The monoisotopic (exact) mass is 393 g/mol. The number of thioether (sulfide) groups is 1. The van der Waals surface area contributed by atoms with E-state index in [-0.39, 0.29) is 4.32 Å². The fourth-order valence-corrected chi connectivity index (χ4v) is 3.87. The highest BCUT2D eigenvalue weighted by Gasteiger charge is 2.38. The van der Waals surface area contributed by atoms with E-state index in [2.05, 4.69) is 0 Å². The maximum Gasteiger partial charge on any atom is 0.326 e. The Morgan fingerprint density at radius 1 is 1.40 bits per heavy atom. The largest absolute Gasteiger partial charge is 0.480 e. The second-order valence-electron chi connectivity index (χ2n) is 5.28. The van der Waals surface area contributed by atoms with Gasteiger partial charge in [0.2, 0.25) is 0 Å². The normalized spacial score (nSPS) is 17.4. The van der Waals surface area contributed by atoms with Gasteiger partial charge in [0.15, 0.2) is 0 Å². The van der Waals surface area contributed by atoms with E-state index in [0.717, 1.165) is 22.2 Å². The highest BCUT2D eigenvalue weighted by molar-refractivity contribution is 8.26. The summed E-state index contributed by atoms with van der Waals surface area (Å²) in [5.41, 5.74) is 0.819. The summed E-state index contributed by atoms with van der Waals surface area (Å²) in [7, 11) is 0. The molecule has 5 nitrogen and oxygen atoms in total. The van der Waals surface area contributed by atoms with E-state index >= 15 is 0 Å². The summed E-state index contributed by atoms with van der Waals surface area (Å²) in [5.74, 6) is -0.467. The Balaban J connectivity index is 1.86. The summed E-state index contributed by atoms with van der Waals surface area (Å²) < 4.78 is 5.95. The molecular weight excluding hydrogens is 382 g/mol. The number of nitrogens with zero attached hydrogens (tertiary/aromatic N) is 1. The SMILES string of the molecule is CC(C(=O)O)N1C(=O)/C(=C/c2ccc(-c3cccc(Cl)c3)o2)SC1=S. The number of amides is 1. The van der Waals surface area contributed by atoms with Gasteiger partial charge < -0.3 is 9.52 Å². The van der Waals surface area contributed by atoms with E-state index < -0.39 is 17.9 Å². The van der Waals surface area contributed by atoms with Crippen molar-refractivity contribution in [1.82, 2.24) is 4.90 Å². The van der Waals surface area contributed by atoms with E-state index in [1.54, 1.807) is 30.3 Å². The summed E-state index contributed by atoms with van der Waals surface area (Å²) in [6.45, 7) is 1.42. The second kappa shape index (κ2) is 7.03. The lowest BCUT2D eigenvalue weighted by Gasteiger charge is -2.18. The molecule has 0 spiro atoms. The average molecular weight is 394 g/mol. The molecule has 25 heavy (non-hydrogen) atoms. The first kappa shape index (κ1) is 17.7. The molecule has 1 unspecified atom stereocenters. The van der Waals surface area contributed by atoms with Crippen molar-refractivity contribution < 1.29 is 19.1 Å². The standard InChI is InChI=1S/C17H12ClNO4S2/c1-9(16(21)22)19-15(20)14(25-17(19)24)8-12-5-6-13(23-12)10-3-2-4-11(18)7-10/h2-9H,1H3,(H,21,22)/b14-8-. The molecule has 0 bridgehead atoms. The van der Waals surface area contributed by atoms with Gasteiger partial charge in [-0.25, -0.2) is 4.79 Å². The topological polar surface area (TPSA) is 70.8 Å². The van der Waals surface area contributed by atoms with Crippen LogP contribution in [-0.4, -0.2) is 32.2 Å². The number of furan rings is 1. The molecule has 1 N–H and O–H groups in total. The lowest BCUT2D eigenvalue weighted by Crippen LogP contribution is -2.41. The van der Waals surface area contributed by atoms with Crippen LogP contribution < -0.4 is 0 Å². The molecule has 2 aromatic rings. The number of halogens is 1. The summed E-state index contributed by atoms with van der Waals surface area (Å²) in [5, 5.41) is 9.69. The van der Waals surface area contributed by atoms with Crippen LogP contribution in [0, 0.1) is 0 Å². The number of carboxylic acid groups (broad SMARTS) is 1. The highest BCUT2D eigenvalue weighted by Crippen LogP contribution is 2.35. The lowest BCUT2D eigenvalue weighted by atomic mass is 10.2. The van der Waals surface area contributed by atoms with Crippen molar-refractivity contribution >= 4 is 57.9 Å². The molecule has 1 aliphatic rings. The fraction of sp³-hybridized carbons (Fsp3) is 0.118. The van der Waals surface area contributed by atoms with Crippen molar-refractivity contribution in [2.45, 2.75) is 13.0 Å². The van der Waals surface area contributed by atoms with Crippen molar-refractivity contribution in [3.8, 4) is 11.3 Å². The summed E-state index contributed by atoms with van der Waals surface area (Å²) >= 11 is 12.2. The Labute approximate surface area is 158 Å². The van der Waals surface area contributed by atoms with Gasteiger partial charge >= 0.3 is 5.97 Å². The van der Waals surface area contributed by atoms with Gasteiger partial charge in [-0.1, -0.05) is 47.7 Å². The zero-order chi connectivity index (χ0) is 18.1. The van der Waals surface area contributed by atoms with E-state index in [4.69, 9.17) is 33.3 Å². The van der Waals surface area contributed by atoms with Crippen LogP contribution in [0.3, 0.4) is 0 Å². The smallest absolute Gasteiger partial charge is 0.326 e. The van der Waals surface area contributed by atoms with Gasteiger partial charge in [-0.2, -0.15) is 0 Å². The average Bonchev–Trinajstić information content (AvgIpc) is 3.12. The number of benzene rings is 1. The minimum absolute atomic E-state index is 0.216. The van der Waals surface area contributed by atoms with Gasteiger partial charge in [-0.05, 0) is 31.2 Å². The first-order valence-corrected chi connectivity index (χ1v) is 8.83. The molecule has 1 atom stereocenters. The molecule has 0 saturated carbocycles. The van der Waals surface area contributed by atoms with Crippen LogP contribution in [0.1, 0.15) is 12.7 Å². The third-order valence-corrected chi connectivity index (χ3v) is 5.14. The van der Waals surface area contributed by atoms with Gasteiger partial charge in [-0.3, -0.25) is 9.69 Å². The summed E-state index contributed by atoms with van der Waals surface area (Å²) in [4.78, 5) is 24.9. The summed E-state index contributed by atoms with van der Waals surface area (Å²) in [6, 6.07) is 9.71. The van der Waals surface area contributed by atoms with Crippen LogP contribution in [0.4, 0.5) is 0 Å². The molecule has 3 rings (SSSR count). The van der Waals surface area contributed by atoms with E-state index in [1.165, 1.54) is 6.92 Å². The van der Waals surface area contributed by atoms with Gasteiger partial charge in [-0.15, -0.1) is 0 Å². The van der Waals surface area contributed by atoms with E-state index in [0.29, 0.717) is 21.4 Å². The minimum Gasteiger partial charge on any atom is -0.480 e. The molecule has 8 heteroatoms. The predicted molar refractivity (Wildman–Crippen MR) is 101 cm³/mol. The number of thiocarbonyl (C=S) groups is 1. The van der Waals surface area contributed by atoms with Crippen molar-refractivity contribution in [2.24, 2.45) is 0 Å². The summed E-state index contributed by atoms with van der Waals surface area (Å²) in [6.07, 6.45) is 1.56. The molecule has 1 aromatic carbocycles. The van der Waals surface area contributed by atoms with Crippen LogP contribution in [-0.2, 0) is 9.59 Å². The Hall–Kier alpha value is -2.09. The maximum atomic E-state index is 12.4. The van der Waals surface area contributed by atoms with Crippen LogP contribution in [0.15, 0.2) is 45.7 Å². The predicted octanol–water partition coefficient (Wildman–Crippen LogP) is 4.27. The molecule has 1 aromatic heterocycles. The molecule has 0 radical (unpaired) electrons. The van der Waals surface area contributed by atoms with E-state index in [9.17, 15) is 9.59 Å². The third-order valence-electron chi connectivity index (χ3n) is 3.58. The van der Waals surface area contributed by atoms with Crippen LogP contribution >= 0.6 is 35.6 Å². The Morgan fingerprint density at radius 2 is 2.16 bits per heavy atom. The highest BCUT2D eigenvalue weighted by atomic mass is 35.5. The van der Waals surface area contributed by atoms with Crippen LogP contribution in [0.2, 0.25) is 5.02 Å². The fourth-order valence-electron chi connectivity index (χ4n) is 2.28. The van der Waals surface area contributed by atoms with Crippen molar-refractivity contribution in [1.29, 1.82) is 0 Å². The number of carboxylic acids is 1. The van der Waals surface area contributed by atoms with E-state index in [1.807, 2.05) is 12.1 Å². The number of carbonyl (C=O) groups excluding carboxylic acids is 1. The zero-order valence-electron chi connectivity index (χ0n) is 12.9. The van der Waals surface area contributed by atoms with Crippen LogP contribution in [0.25, 0.3) is 17.4 Å². The third kappa shape index (κ3) is 3.63. The second-order valence-corrected chi connectivity index (χ2v) is 7.39.